The Hall–Kier alpha value is -1.79. The van der Waals surface area contributed by atoms with Crippen LogP contribution in [0.5, 0.6) is 0 Å². The number of anilines is 1. The lowest BCUT2D eigenvalue weighted by molar-refractivity contribution is -0.147. The molecule has 2 rings (SSSR count). The number of carbonyl (C=O) groups excluding carboxylic acids is 1. The molecule has 6 nitrogen and oxygen atoms in total. The van der Waals surface area contributed by atoms with Crippen LogP contribution in [0.1, 0.15) is 10.4 Å². The molecule has 1 unspecified atom stereocenters. The predicted molar refractivity (Wildman–Crippen MR) is 69.1 cm³/mol. The molecule has 1 aliphatic rings. The number of aliphatic carboxylic acids is 1. The van der Waals surface area contributed by atoms with Crippen LogP contribution in [-0.4, -0.2) is 47.7 Å². The fourth-order valence-electron chi connectivity index (χ4n) is 1.89. The zero-order chi connectivity index (χ0) is 14.0. The van der Waals surface area contributed by atoms with Crippen LogP contribution in [0.4, 0.5) is 5.69 Å². The maximum absolute atomic E-state index is 12.3. The Labute approximate surface area is 114 Å². The summed E-state index contributed by atoms with van der Waals surface area (Å²) in [7, 11) is 0. The number of morpholine rings is 1. The van der Waals surface area contributed by atoms with E-state index in [1.54, 1.807) is 0 Å². The maximum Gasteiger partial charge on any atom is 0.328 e. The molecule has 0 aliphatic carbocycles. The number of amides is 1. The van der Waals surface area contributed by atoms with Gasteiger partial charge in [-0.15, -0.1) is 0 Å². The summed E-state index contributed by atoms with van der Waals surface area (Å²) in [6, 6.07) is 3.51. The summed E-state index contributed by atoms with van der Waals surface area (Å²) in [5.74, 6) is -1.48. The SMILES string of the molecule is Nc1cc(C(=O)N2CCOCC2C(=O)O)ccc1Cl. The van der Waals surface area contributed by atoms with Crippen LogP contribution in [0.2, 0.25) is 5.02 Å². The largest absolute Gasteiger partial charge is 0.480 e. The number of benzene rings is 1. The van der Waals surface area contributed by atoms with Gasteiger partial charge >= 0.3 is 5.97 Å². The lowest BCUT2D eigenvalue weighted by Crippen LogP contribution is -2.52. The van der Waals surface area contributed by atoms with Gasteiger partial charge in [0, 0.05) is 12.1 Å². The molecule has 1 aromatic rings. The third-order valence-corrected chi connectivity index (χ3v) is 3.26. The maximum atomic E-state index is 12.3. The minimum atomic E-state index is -1.09. The number of nitrogen functional groups attached to an aromatic ring is 1. The van der Waals surface area contributed by atoms with Crippen LogP contribution in [0.3, 0.4) is 0 Å². The Morgan fingerprint density at radius 1 is 1.47 bits per heavy atom. The highest BCUT2D eigenvalue weighted by molar-refractivity contribution is 6.33. The molecule has 1 aromatic carbocycles. The molecule has 1 saturated heterocycles. The molecule has 1 amide bonds. The Morgan fingerprint density at radius 2 is 2.21 bits per heavy atom. The van der Waals surface area contributed by atoms with Gasteiger partial charge in [0.15, 0.2) is 6.04 Å². The molecule has 1 aliphatic heterocycles. The van der Waals surface area contributed by atoms with Gasteiger partial charge in [-0.3, -0.25) is 4.79 Å². The standard InChI is InChI=1S/C12H13ClN2O4/c13-8-2-1-7(5-9(8)14)11(16)15-3-4-19-6-10(15)12(17)18/h1-2,5,10H,3-4,6,14H2,(H,17,18). The topological polar surface area (TPSA) is 92.9 Å². The number of carbonyl (C=O) groups is 2. The monoisotopic (exact) mass is 284 g/mol. The van der Waals surface area contributed by atoms with Crippen molar-refractivity contribution in [2.24, 2.45) is 0 Å². The van der Waals surface area contributed by atoms with Crippen molar-refractivity contribution in [1.29, 1.82) is 0 Å². The van der Waals surface area contributed by atoms with Crippen LogP contribution in [-0.2, 0) is 9.53 Å². The highest BCUT2D eigenvalue weighted by Crippen LogP contribution is 2.21. The van der Waals surface area contributed by atoms with E-state index in [-0.39, 0.29) is 24.7 Å². The minimum absolute atomic E-state index is 0.00978. The molecule has 1 atom stereocenters. The molecule has 0 bridgehead atoms. The number of rotatable bonds is 2. The molecule has 1 fully saturated rings. The summed E-state index contributed by atoms with van der Waals surface area (Å²) in [5.41, 5.74) is 6.24. The van der Waals surface area contributed by atoms with E-state index in [9.17, 15) is 9.59 Å². The van der Waals surface area contributed by atoms with Crippen molar-refractivity contribution >= 4 is 29.2 Å². The van der Waals surface area contributed by atoms with Gasteiger partial charge in [0.2, 0.25) is 0 Å². The first kappa shape index (κ1) is 13.6. The number of hydrogen-bond donors (Lipinski definition) is 2. The summed E-state index contributed by atoms with van der Waals surface area (Å²) in [6.45, 7) is 0.543. The zero-order valence-corrected chi connectivity index (χ0v) is 10.8. The van der Waals surface area contributed by atoms with E-state index in [0.717, 1.165) is 0 Å². The van der Waals surface area contributed by atoms with E-state index in [4.69, 9.17) is 27.2 Å². The van der Waals surface area contributed by atoms with Gasteiger partial charge in [0.1, 0.15) is 0 Å². The average molecular weight is 285 g/mol. The second-order valence-corrected chi connectivity index (χ2v) is 4.57. The molecular weight excluding hydrogens is 272 g/mol. The minimum Gasteiger partial charge on any atom is -0.480 e. The van der Waals surface area contributed by atoms with Gasteiger partial charge in [-0.25, -0.2) is 4.79 Å². The van der Waals surface area contributed by atoms with Crippen LogP contribution in [0.15, 0.2) is 18.2 Å². The van der Waals surface area contributed by atoms with Gasteiger partial charge in [-0.1, -0.05) is 11.6 Å². The second kappa shape index (κ2) is 5.46. The lowest BCUT2D eigenvalue weighted by atomic mass is 10.1. The quantitative estimate of drug-likeness (QED) is 0.785. The summed E-state index contributed by atoms with van der Waals surface area (Å²) in [6.07, 6.45) is 0. The normalized spacial score (nSPS) is 19.2. The predicted octanol–water partition coefficient (Wildman–Crippen LogP) is 0.848. The van der Waals surface area contributed by atoms with Crippen molar-refractivity contribution in [3.05, 3.63) is 28.8 Å². The number of hydrogen-bond acceptors (Lipinski definition) is 4. The summed E-state index contributed by atoms with van der Waals surface area (Å²) in [4.78, 5) is 24.7. The zero-order valence-electron chi connectivity index (χ0n) is 10.0. The Kier molecular flexibility index (Phi) is 3.92. The number of nitrogens with two attached hydrogens (primary N) is 1. The molecule has 7 heteroatoms. The van der Waals surface area contributed by atoms with Crippen molar-refractivity contribution in [3.63, 3.8) is 0 Å². The van der Waals surface area contributed by atoms with E-state index in [2.05, 4.69) is 0 Å². The summed E-state index contributed by atoms with van der Waals surface area (Å²) < 4.78 is 5.08. The van der Waals surface area contributed by atoms with Crippen molar-refractivity contribution in [3.8, 4) is 0 Å². The molecule has 102 valence electrons. The van der Waals surface area contributed by atoms with Gasteiger partial charge in [-0.05, 0) is 18.2 Å². The van der Waals surface area contributed by atoms with Crippen LogP contribution >= 0.6 is 11.6 Å². The van der Waals surface area contributed by atoms with Crippen molar-refractivity contribution < 1.29 is 19.4 Å². The van der Waals surface area contributed by atoms with E-state index >= 15 is 0 Å². The number of ether oxygens (including phenoxy) is 1. The number of carboxylic acids is 1. The first-order chi connectivity index (χ1) is 9.00. The fraction of sp³-hybridized carbons (Fsp3) is 0.333. The van der Waals surface area contributed by atoms with Crippen molar-refractivity contribution in [1.82, 2.24) is 4.90 Å². The molecule has 0 aromatic heterocycles. The highest BCUT2D eigenvalue weighted by Gasteiger charge is 2.33. The molecular formula is C12H13ClN2O4. The third-order valence-electron chi connectivity index (χ3n) is 2.92. The van der Waals surface area contributed by atoms with Gasteiger partial charge in [0.05, 0.1) is 23.9 Å². The molecule has 0 saturated carbocycles. The van der Waals surface area contributed by atoms with Gasteiger partial charge < -0.3 is 20.5 Å². The van der Waals surface area contributed by atoms with Crippen LogP contribution in [0, 0.1) is 0 Å². The smallest absolute Gasteiger partial charge is 0.328 e. The fourth-order valence-corrected chi connectivity index (χ4v) is 2.01. The van der Waals surface area contributed by atoms with Gasteiger partial charge in [-0.2, -0.15) is 0 Å². The van der Waals surface area contributed by atoms with E-state index in [0.29, 0.717) is 17.2 Å². The molecule has 0 radical (unpaired) electrons. The van der Waals surface area contributed by atoms with Crippen LogP contribution < -0.4 is 5.73 Å². The number of carboxylic acid groups (broad SMARTS) is 1. The second-order valence-electron chi connectivity index (χ2n) is 4.16. The van der Waals surface area contributed by atoms with Gasteiger partial charge in [0.25, 0.3) is 5.91 Å². The molecule has 19 heavy (non-hydrogen) atoms. The molecule has 0 spiro atoms. The molecule has 3 N–H and O–H groups in total. The first-order valence-corrected chi connectivity index (χ1v) is 6.05. The van der Waals surface area contributed by atoms with Crippen LogP contribution in [0.25, 0.3) is 0 Å². The first-order valence-electron chi connectivity index (χ1n) is 5.67. The van der Waals surface area contributed by atoms with Crippen molar-refractivity contribution in [2.45, 2.75) is 6.04 Å². The number of nitrogens with zero attached hydrogens (tertiary/aromatic N) is 1. The molecule has 1 heterocycles. The lowest BCUT2D eigenvalue weighted by Gasteiger charge is -2.32. The Balaban J connectivity index is 2.26. The Bertz CT molecular complexity index is 520. The van der Waals surface area contributed by atoms with E-state index in [1.165, 1.54) is 23.1 Å². The third kappa shape index (κ3) is 2.80. The van der Waals surface area contributed by atoms with Crippen molar-refractivity contribution in [2.75, 3.05) is 25.5 Å². The summed E-state index contributed by atoms with van der Waals surface area (Å²) >= 11 is 5.79. The summed E-state index contributed by atoms with van der Waals surface area (Å²) in [5, 5.41) is 9.44. The Morgan fingerprint density at radius 3 is 2.84 bits per heavy atom. The van der Waals surface area contributed by atoms with E-state index < -0.39 is 12.0 Å². The van der Waals surface area contributed by atoms with E-state index in [1.807, 2.05) is 0 Å². The average Bonchev–Trinajstić information content (AvgIpc) is 2.41. The number of halogens is 1. The highest BCUT2D eigenvalue weighted by atomic mass is 35.5.